The molecular weight excluding hydrogens is 608 g/mol. The van der Waals surface area contributed by atoms with E-state index in [4.69, 9.17) is 28.4 Å². The van der Waals surface area contributed by atoms with Gasteiger partial charge in [-0.25, -0.2) is 0 Å². The van der Waals surface area contributed by atoms with Crippen LogP contribution >= 0.6 is 0 Å². The Balaban J connectivity index is 1.58. The van der Waals surface area contributed by atoms with Crippen LogP contribution in [0.4, 0.5) is 0 Å². The Bertz CT molecular complexity index is 1630. The highest BCUT2D eigenvalue weighted by Crippen LogP contribution is 2.50. The number of benzene rings is 4. The largest absolute Gasteiger partial charge is 0.497 e. The van der Waals surface area contributed by atoms with Crippen LogP contribution in [0, 0.1) is 5.41 Å². The Labute approximate surface area is 281 Å². The highest BCUT2D eigenvalue weighted by molar-refractivity contribution is 5.75. The Hall–Kier alpha value is -4.50. The van der Waals surface area contributed by atoms with Crippen LogP contribution in [0.15, 0.2) is 115 Å². The lowest BCUT2D eigenvalue weighted by Gasteiger charge is -2.54. The molecule has 4 aromatic carbocycles. The number of hydrogen-bond donors (Lipinski definition) is 0. The van der Waals surface area contributed by atoms with Gasteiger partial charge in [0.2, 0.25) is 0 Å². The van der Waals surface area contributed by atoms with E-state index in [9.17, 15) is 9.59 Å². The van der Waals surface area contributed by atoms with Crippen molar-refractivity contribution >= 4 is 11.9 Å². The second-order valence-corrected chi connectivity index (χ2v) is 13.2. The minimum Gasteiger partial charge on any atom is -0.497 e. The molecule has 1 unspecified atom stereocenters. The molecule has 48 heavy (non-hydrogen) atoms. The fourth-order valence-corrected chi connectivity index (χ4v) is 6.71. The predicted octanol–water partition coefficient (Wildman–Crippen LogP) is 6.80. The molecule has 0 N–H and O–H groups in total. The molecule has 6 atom stereocenters. The van der Waals surface area contributed by atoms with E-state index >= 15 is 0 Å². The summed E-state index contributed by atoms with van der Waals surface area (Å²) in [5.74, 6) is -0.307. The minimum absolute atomic E-state index is 0.152. The van der Waals surface area contributed by atoms with E-state index < -0.39 is 59.6 Å². The molecule has 0 amide bonds. The van der Waals surface area contributed by atoms with Gasteiger partial charge < -0.3 is 28.4 Å². The summed E-state index contributed by atoms with van der Waals surface area (Å²) in [5, 5.41) is 0. The highest BCUT2D eigenvalue weighted by Gasteiger charge is 2.61. The molecule has 0 aromatic heterocycles. The second-order valence-electron chi connectivity index (χ2n) is 13.2. The zero-order valence-corrected chi connectivity index (χ0v) is 27.9. The monoisotopic (exact) mass is 650 g/mol. The van der Waals surface area contributed by atoms with Gasteiger partial charge in [-0.2, -0.15) is 0 Å². The molecule has 6 rings (SSSR count). The van der Waals surface area contributed by atoms with Gasteiger partial charge in [0.15, 0.2) is 18.5 Å². The van der Waals surface area contributed by atoms with Crippen molar-refractivity contribution in [1.82, 2.24) is 0 Å². The summed E-state index contributed by atoms with van der Waals surface area (Å²) in [7, 11) is 1.62. The molecule has 0 spiro atoms. The smallest absolute Gasteiger partial charge is 0.311 e. The van der Waals surface area contributed by atoms with Crippen molar-refractivity contribution in [3.8, 4) is 5.75 Å². The first-order valence-corrected chi connectivity index (χ1v) is 16.2. The first kappa shape index (κ1) is 33.4. The Morgan fingerprint density at radius 1 is 0.688 bits per heavy atom. The molecule has 8 nitrogen and oxygen atoms in total. The molecule has 4 aromatic rings. The number of rotatable bonds is 8. The van der Waals surface area contributed by atoms with Crippen molar-refractivity contribution in [3.63, 3.8) is 0 Å². The van der Waals surface area contributed by atoms with Gasteiger partial charge in [0.25, 0.3) is 0 Å². The van der Waals surface area contributed by atoms with Crippen LogP contribution in [0.2, 0.25) is 0 Å². The second kappa shape index (κ2) is 13.9. The van der Waals surface area contributed by atoms with Crippen LogP contribution in [-0.2, 0) is 38.7 Å². The summed E-state index contributed by atoms with van der Waals surface area (Å²) >= 11 is 0. The summed E-state index contributed by atoms with van der Waals surface area (Å²) in [6.45, 7) is 6.87. The number of ether oxygens (including phenoxy) is 6. The number of fused-ring (bicyclic) bond motifs is 1. The summed E-state index contributed by atoms with van der Waals surface area (Å²) in [4.78, 5) is 26.8. The van der Waals surface area contributed by atoms with Gasteiger partial charge in [-0.1, -0.05) is 103 Å². The molecule has 0 aliphatic carbocycles. The fourth-order valence-electron chi connectivity index (χ4n) is 6.71. The van der Waals surface area contributed by atoms with E-state index in [1.54, 1.807) is 27.9 Å². The van der Waals surface area contributed by atoms with Crippen molar-refractivity contribution in [3.05, 3.63) is 138 Å². The zero-order valence-electron chi connectivity index (χ0n) is 27.9. The van der Waals surface area contributed by atoms with Crippen molar-refractivity contribution in [1.29, 1.82) is 0 Å². The third-order valence-corrected chi connectivity index (χ3v) is 8.99. The average molecular weight is 651 g/mol. The van der Waals surface area contributed by atoms with Gasteiger partial charge in [0.1, 0.15) is 24.1 Å². The average Bonchev–Trinajstić information content (AvgIpc) is 3.10. The third-order valence-electron chi connectivity index (χ3n) is 8.99. The van der Waals surface area contributed by atoms with E-state index in [2.05, 4.69) is 0 Å². The molecule has 0 radical (unpaired) electrons. The molecular formula is C40H42O8. The van der Waals surface area contributed by atoms with Crippen molar-refractivity contribution in [2.45, 2.75) is 69.9 Å². The molecule has 0 saturated carbocycles. The van der Waals surface area contributed by atoms with Crippen LogP contribution in [0.3, 0.4) is 0 Å². The van der Waals surface area contributed by atoms with Gasteiger partial charge in [-0.15, -0.1) is 0 Å². The Morgan fingerprint density at radius 2 is 1.23 bits per heavy atom. The molecule has 2 aliphatic rings. The number of esters is 2. The standard InChI is InChI=1S/C40H42O8/c1-26(41)45-35-34(48-38(42)39(2,3)4)33-32(25-44-37(47-33)27-15-9-6-10-16-27)46-36(35)40(28-17-11-7-12-18-28,29-19-13-8-14-20-29)30-21-23-31(43-5)24-22-30/h6-24,32-37H,25H2,1-5H3/t32-,33-,34+,35+,36-,37?/m1/s1. The van der Waals surface area contributed by atoms with Crippen LogP contribution < -0.4 is 4.74 Å². The van der Waals surface area contributed by atoms with Crippen LogP contribution in [0.1, 0.15) is 56.2 Å². The van der Waals surface area contributed by atoms with Crippen molar-refractivity contribution < 1.29 is 38.0 Å². The third kappa shape index (κ3) is 6.48. The van der Waals surface area contributed by atoms with E-state index in [1.165, 1.54) is 6.92 Å². The number of carbonyl (C=O) groups is 2. The van der Waals surface area contributed by atoms with Gasteiger partial charge >= 0.3 is 11.9 Å². The molecule has 2 heterocycles. The fraction of sp³-hybridized carbons (Fsp3) is 0.350. The molecule has 2 fully saturated rings. The van der Waals surface area contributed by atoms with Crippen molar-refractivity contribution in [2.24, 2.45) is 5.41 Å². The SMILES string of the molecule is COc1ccc(C(c2ccccc2)(c2ccccc2)[C@@H]2O[C@@H]3COC(c4ccccc4)O[C@H]3[C@H](OC(=O)C(C)(C)C)[C@@H]2OC(C)=O)cc1. The Morgan fingerprint density at radius 3 is 1.75 bits per heavy atom. The summed E-state index contributed by atoms with van der Waals surface area (Å²) in [5.41, 5.74) is 1.54. The lowest BCUT2D eigenvalue weighted by Crippen LogP contribution is -2.68. The molecule has 2 saturated heterocycles. The molecule has 8 heteroatoms. The van der Waals surface area contributed by atoms with Crippen LogP contribution in [0.25, 0.3) is 0 Å². The minimum atomic E-state index is -1.09. The lowest BCUT2D eigenvalue weighted by molar-refractivity contribution is -0.335. The summed E-state index contributed by atoms with van der Waals surface area (Å²) < 4.78 is 38.2. The summed E-state index contributed by atoms with van der Waals surface area (Å²) in [6, 6.07) is 37.3. The quantitative estimate of drug-likeness (QED) is 0.152. The van der Waals surface area contributed by atoms with Crippen molar-refractivity contribution in [2.75, 3.05) is 13.7 Å². The van der Waals surface area contributed by atoms with Gasteiger partial charge in [-0.05, 0) is 49.6 Å². The van der Waals surface area contributed by atoms with Crippen LogP contribution in [0.5, 0.6) is 5.75 Å². The van der Waals surface area contributed by atoms with Crippen LogP contribution in [-0.4, -0.2) is 56.2 Å². The van der Waals surface area contributed by atoms with E-state index in [0.717, 1.165) is 22.3 Å². The normalized spacial score (nSPS) is 24.2. The van der Waals surface area contributed by atoms with Gasteiger partial charge in [-0.3, -0.25) is 9.59 Å². The number of hydrogen-bond acceptors (Lipinski definition) is 8. The van der Waals surface area contributed by atoms with E-state index in [0.29, 0.717) is 5.75 Å². The van der Waals surface area contributed by atoms with E-state index in [1.807, 2.05) is 115 Å². The number of methoxy groups -OCH3 is 1. The maximum atomic E-state index is 13.7. The molecule has 2 aliphatic heterocycles. The first-order valence-electron chi connectivity index (χ1n) is 16.2. The Kier molecular flexibility index (Phi) is 9.69. The van der Waals surface area contributed by atoms with Gasteiger partial charge in [0, 0.05) is 12.5 Å². The maximum Gasteiger partial charge on any atom is 0.311 e. The maximum absolute atomic E-state index is 13.7. The highest BCUT2D eigenvalue weighted by atomic mass is 16.7. The van der Waals surface area contributed by atoms with Gasteiger partial charge in [0.05, 0.1) is 24.5 Å². The topological polar surface area (TPSA) is 89.5 Å². The number of carbonyl (C=O) groups excluding carboxylic acids is 2. The predicted molar refractivity (Wildman–Crippen MR) is 179 cm³/mol. The first-order chi connectivity index (χ1) is 23.1. The summed E-state index contributed by atoms with van der Waals surface area (Å²) in [6.07, 6.45) is -5.26. The van der Waals surface area contributed by atoms with E-state index in [-0.39, 0.29) is 6.61 Å². The lowest BCUT2D eigenvalue weighted by atomic mass is 9.63. The molecule has 0 bridgehead atoms. The zero-order chi connectivity index (χ0) is 33.9. The molecule has 250 valence electrons.